The maximum Gasteiger partial charge on any atom is 0.258 e. The van der Waals surface area contributed by atoms with Gasteiger partial charge in [0.2, 0.25) is 0 Å². The number of halogens is 1. The van der Waals surface area contributed by atoms with Crippen molar-refractivity contribution >= 4 is 5.69 Å². The number of anilines is 1. The van der Waals surface area contributed by atoms with Gasteiger partial charge < -0.3 is 15.2 Å². The molecule has 4 rings (SSSR count). The van der Waals surface area contributed by atoms with E-state index < -0.39 is 5.54 Å². The first-order chi connectivity index (χ1) is 10.7. The van der Waals surface area contributed by atoms with Crippen LogP contribution in [0.3, 0.4) is 0 Å². The SMILES string of the molecule is NC1(c2noc(-c3ccc(N4CCCC4)c(F)c3)n2)CCC1. The van der Waals surface area contributed by atoms with Crippen molar-refractivity contribution in [2.24, 2.45) is 5.73 Å². The fourth-order valence-corrected chi connectivity index (χ4v) is 3.18. The first-order valence-electron chi connectivity index (χ1n) is 7.84. The highest BCUT2D eigenvalue weighted by atomic mass is 19.1. The third-order valence-corrected chi connectivity index (χ3v) is 4.76. The molecule has 0 amide bonds. The Bertz CT molecular complexity index is 689. The number of benzene rings is 1. The molecule has 116 valence electrons. The first-order valence-corrected chi connectivity index (χ1v) is 7.84. The molecule has 0 radical (unpaired) electrons. The molecule has 0 atom stereocenters. The summed E-state index contributed by atoms with van der Waals surface area (Å²) in [4.78, 5) is 6.43. The summed E-state index contributed by atoms with van der Waals surface area (Å²) in [7, 11) is 0. The Morgan fingerprint density at radius 3 is 2.59 bits per heavy atom. The highest BCUT2D eigenvalue weighted by Crippen LogP contribution is 2.38. The summed E-state index contributed by atoms with van der Waals surface area (Å²) in [5, 5.41) is 3.97. The molecule has 2 aromatic rings. The van der Waals surface area contributed by atoms with E-state index in [0.29, 0.717) is 23.0 Å². The van der Waals surface area contributed by atoms with Gasteiger partial charge in [-0.1, -0.05) is 5.16 Å². The van der Waals surface area contributed by atoms with Crippen molar-refractivity contribution in [1.82, 2.24) is 10.1 Å². The molecule has 1 aromatic heterocycles. The Morgan fingerprint density at radius 1 is 1.18 bits per heavy atom. The predicted octanol–water partition coefficient (Wildman–Crippen LogP) is 2.81. The highest BCUT2D eigenvalue weighted by molar-refractivity contribution is 5.60. The maximum absolute atomic E-state index is 14.3. The number of hydrogen-bond donors (Lipinski definition) is 1. The minimum Gasteiger partial charge on any atom is -0.369 e. The lowest BCUT2D eigenvalue weighted by Crippen LogP contribution is -2.44. The summed E-state index contributed by atoms with van der Waals surface area (Å²) in [5.41, 5.74) is 6.97. The lowest BCUT2D eigenvalue weighted by molar-refractivity contribution is 0.229. The summed E-state index contributed by atoms with van der Waals surface area (Å²) in [5.74, 6) is 0.613. The number of nitrogens with zero attached hydrogens (tertiary/aromatic N) is 3. The Morgan fingerprint density at radius 2 is 1.95 bits per heavy atom. The molecule has 2 fully saturated rings. The Kier molecular flexibility index (Phi) is 3.14. The van der Waals surface area contributed by atoms with E-state index in [9.17, 15) is 4.39 Å². The third kappa shape index (κ3) is 2.18. The van der Waals surface area contributed by atoms with Crippen molar-refractivity contribution in [2.45, 2.75) is 37.6 Å². The van der Waals surface area contributed by atoms with Crippen molar-refractivity contribution in [2.75, 3.05) is 18.0 Å². The standard InChI is InChI=1S/C16H19FN4O/c17-12-10-11(4-5-13(12)21-8-1-2-9-21)14-19-15(20-22-14)16(18)6-3-7-16/h4-5,10H,1-3,6-9,18H2. The van der Waals surface area contributed by atoms with Crippen LogP contribution in [-0.2, 0) is 5.54 Å². The lowest BCUT2D eigenvalue weighted by Gasteiger charge is -2.34. The Balaban J connectivity index is 1.61. The van der Waals surface area contributed by atoms with Gasteiger partial charge in [-0.3, -0.25) is 0 Å². The van der Waals surface area contributed by atoms with Gasteiger partial charge in [0.25, 0.3) is 5.89 Å². The Hall–Kier alpha value is -1.95. The van der Waals surface area contributed by atoms with Crippen molar-refractivity contribution in [1.29, 1.82) is 0 Å². The second-order valence-corrected chi connectivity index (χ2v) is 6.29. The number of rotatable bonds is 3. The van der Waals surface area contributed by atoms with Crippen molar-refractivity contribution < 1.29 is 8.91 Å². The molecule has 0 unspecified atom stereocenters. The molecule has 0 spiro atoms. The fraction of sp³-hybridized carbons (Fsp3) is 0.500. The summed E-state index contributed by atoms with van der Waals surface area (Å²) in [6.45, 7) is 1.83. The van der Waals surface area contributed by atoms with Gasteiger partial charge in [-0.2, -0.15) is 4.98 Å². The fourth-order valence-electron chi connectivity index (χ4n) is 3.18. The quantitative estimate of drug-likeness (QED) is 0.944. The summed E-state index contributed by atoms with van der Waals surface area (Å²) in [6.07, 6.45) is 5.06. The molecule has 2 aliphatic rings. The monoisotopic (exact) mass is 302 g/mol. The zero-order valence-corrected chi connectivity index (χ0v) is 12.4. The van der Waals surface area contributed by atoms with Crippen LogP contribution in [0.1, 0.15) is 37.9 Å². The van der Waals surface area contributed by atoms with E-state index in [-0.39, 0.29) is 5.82 Å². The number of nitrogens with two attached hydrogens (primary N) is 1. The molecule has 1 aromatic carbocycles. The van der Waals surface area contributed by atoms with E-state index in [0.717, 1.165) is 45.2 Å². The van der Waals surface area contributed by atoms with Gasteiger partial charge in [-0.15, -0.1) is 0 Å². The topological polar surface area (TPSA) is 68.2 Å². The molecule has 5 nitrogen and oxygen atoms in total. The van der Waals surface area contributed by atoms with E-state index in [1.807, 2.05) is 6.07 Å². The van der Waals surface area contributed by atoms with Crippen molar-refractivity contribution in [3.05, 3.63) is 29.8 Å². The van der Waals surface area contributed by atoms with Gasteiger partial charge in [0.05, 0.1) is 11.2 Å². The van der Waals surface area contributed by atoms with Crippen LogP contribution in [0.4, 0.5) is 10.1 Å². The first kappa shape index (κ1) is 13.7. The van der Waals surface area contributed by atoms with Crippen molar-refractivity contribution in [3.63, 3.8) is 0 Å². The second-order valence-electron chi connectivity index (χ2n) is 6.29. The van der Waals surface area contributed by atoms with Crippen LogP contribution < -0.4 is 10.6 Å². The molecule has 0 bridgehead atoms. The molecule has 1 saturated heterocycles. The van der Waals surface area contributed by atoms with Crippen molar-refractivity contribution in [3.8, 4) is 11.5 Å². The number of hydrogen-bond acceptors (Lipinski definition) is 5. The summed E-state index contributed by atoms with van der Waals surface area (Å²) >= 11 is 0. The molecule has 2 N–H and O–H groups in total. The van der Waals surface area contributed by atoms with Gasteiger partial charge in [0.1, 0.15) is 5.82 Å². The van der Waals surface area contributed by atoms with E-state index >= 15 is 0 Å². The minimum atomic E-state index is -0.463. The van der Waals surface area contributed by atoms with E-state index in [1.54, 1.807) is 6.07 Å². The average molecular weight is 302 g/mol. The molecular formula is C16H19FN4O. The molecule has 1 saturated carbocycles. The van der Waals surface area contributed by atoms with Crippen LogP contribution in [0.2, 0.25) is 0 Å². The molecule has 6 heteroatoms. The van der Waals surface area contributed by atoms with Crippen LogP contribution >= 0.6 is 0 Å². The number of aromatic nitrogens is 2. The highest BCUT2D eigenvalue weighted by Gasteiger charge is 2.39. The van der Waals surface area contributed by atoms with E-state index in [2.05, 4.69) is 15.0 Å². The van der Waals surface area contributed by atoms with Crippen LogP contribution in [0.5, 0.6) is 0 Å². The maximum atomic E-state index is 14.3. The van der Waals surface area contributed by atoms with Gasteiger partial charge in [-0.05, 0) is 50.3 Å². The summed E-state index contributed by atoms with van der Waals surface area (Å²) in [6, 6.07) is 5.09. The van der Waals surface area contributed by atoms with Crippen LogP contribution in [0, 0.1) is 5.82 Å². The smallest absolute Gasteiger partial charge is 0.258 e. The normalized spacial score (nSPS) is 20.2. The predicted molar refractivity (Wildman–Crippen MR) is 80.9 cm³/mol. The van der Waals surface area contributed by atoms with E-state index in [4.69, 9.17) is 10.3 Å². The third-order valence-electron chi connectivity index (χ3n) is 4.76. The van der Waals surface area contributed by atoms with Gasteiger partial charge >= 0.3 is 0 Å². The molecule has 1 aliphatic heterocycles. The molecular weight excluding hydrogens is 283 g/mol. The average Bonchev–Trinajstić information content (AvgIpc) is 3.16. The zero-order chi connectivity index (χ0) is 15.2. The molecule has 1 aliphatic carbocycles. The van der Waals surface area contributed by atoms with E-state index in [1.165, 1.54) is 6.07 Å². The second kappa shape index (κ2) is 5.05. The van der Waals surface area contributed by atoms with Crippen LogP contribution in [-0.4, -0.2) is 23.2 Å². The van der Waals surface area contributed by atoms with Gasteiger partial charge in [0, 0.05) is 18.7 Å². The largest absolute Gasteiger partial charge is 0.369 e. The molecule has 22 heavy (non-hydrogen) atoms. The van der Waals surface area contributed by atoms with Crippen LogP contribution in [0.15, 0.2) is 22.7 Å². The van der Waals surface area contributed by atoms with Gasteiger partial charge in [-0.25, -0.2) is 4.39 Å². The minimum absolute atomic E-state index is 0.245. The Labute approximate surface area is 128 Å². The summed E-state index contributed by atoms with van der Waals surface area (Å²) < 4.78 is 19.6. The lowest BCUT2D eigenvalue weighted by atomic mass is 9.77. The van der Waals surface area contributed by atoms with Crippen LogP contribution in [0.25, 0.3) is 11.5 Å². The zero-order valence-electron chi connectivity index (χ0n) is 12.4. The van der Waals surface area contributed by atoms with Gasteiger partial charge in [0.15, 0.2) is 5.82 Å². The molecule has 2 heterocycles.